The largest absolute Gasteiger partial charge is 0.463 e. The van der Waals surface area contributed by atoms with Gasteiger partial charge in [-0.2, -0.15) is 8.78 Å². The second kappa shape index (κ2) is 10.6. The number of carbonyl (C=O) groups is 1. The van der Waals surface area contributed by atoms with Gasteiger partial charge in [0.25, 0.3) is 5.56 Å². The van der Waals surface area contributed by atoms with E-state index in [1.54, 1.807) is 25.1 Å². The van der Waals surface area contributed by atoms with Crippen LogP contribution in [0, 0.1) is 0 Å². The molecule has 0 saturated heterocycles. The average Bonchev–Trinajstić information content (AvgIpc) is 3.53. The molecule has 4 aromatic rings. The molecule has 37 heavy (non-hydrogen) atoms. The lowest BCUT2D eigenvalue weighted by molar-refractivity contribution is -0.138. The molecule has 0 radical (unpaired) electrons. The van der Waals surface area contributed by atoms with Crippen LogP contribution < -0.4 is 19.6 Å². The zero-order chi connectivity index (χ0) is 25.9. The number of aromatic nitrogens is 1. The van der Waals surface area contributed by atoms with E-state index in [9.17, 15) is 18.4 Å². The van der Waals surface area contributed by atoms with Crippen molar-refractivity contribution >= 4 is 40.4 Å². The van der Waals surface area contributed by atoms with Gasteiger partial charge in [-0.1, -0.05) is 65.9 Å². The molecule has 1 atom stereocenters. The van der Waals surface area contributed by atoms with Crippen molar-refractivity contribution in [1.29, 1.82) is 0 Å². The van der Waals surface area contributed by atoms with Crippen LogP contribution in [0.15, 0.2) is 87.5 Å². The van der Waals surface area contributed by atoms with E-state index in [1.165, 1.54) is 28.0 Å². The van der Waals surface area contributed by atoms with Crippen molar-refractivity contribution < 1.29 is 23.0 Å². The van der Waals surface area contributed by atoms with E-state index in [4.69, 9.17) is 9.73 Å². The summed E-state index contributed by atoms with van der Waals surface area (Å²) in [4.78, 5) is 33.0. The molecule has 188 valence electrons. The second-order valence-electron chi connectivity index (χ2n) is 7.86. The minimum Gasteiger partial charge on any atom is -0.463 e. The minimum atomic E-state index is -3.00. The van der Waals surface area contributed by atoms with Crippen molar-refractivity contribution in [3.63, 3.8) is 0 Å². The van der Waals surface area contributed by atoms with Gasteiger partial charge in [-0.05, 0) is 30.5 Å². The SMILES string of the molecule is CCOC(=O)C1=C(c2ccccc2)N=c2s/c(=C/c3ccccc3OC(F)F)c(=O)n2[C@H]1c1cccs1. The highest BCUT2D eigenvalue weighted by Crippen LogP contribution is 2.36. The monoisotopic (exact) mass is 538 g/mol. The molecule has 0 unspecified atom stereocenters. The number of ether oxygens (including phenoxy) is 2. The van der Waals surface area contributed by atoms with Gasteiger partial charge < -0.3 is 9.47 Å². The summed E-state index contributed by atoms with van der Waals surface area (Å²) in [6.07, 6.45) is 1.50. The van der Waals surface area contributed by atoms with Gasteiger partial charge in [-0.25, -0.2) is 9.79 Å². The fraction of sp³-hybridized carbons (Fsp3) is 0.148. The molecule has 0 N–H and O–H groups in total. The topological polar surface area (TPSA) is 69.9 Å². The maximum Gasteiger partial charge on any atom is 0.387 e. The van der Waals surface area contributed by atoms with Gasteiger partial charge in [0.2, 0.25) is 0 Å². The third-order valence-electron chi connectivity index (χ3n) is 5.61. The smallest absolute Gasteiger partial charge is 0.387 e. The molecule has 0 spiro atoms. The Balaban J connectivity index is 1.78. The van der Waals surface area contributed by atoms with Gasteiger partial charge in [0.15, 0.2) is 4.80 Å². The Bertz CT molecular complexity index is 1640. The van der Waals surface area contributed by atoms with Crippen molar-refractivity contribution in [2.75, 3.05) is 6.61 Å². The van der Waals surface area contributed by atoms with Crippen LogP contribution in [0.3, 0.4) is 0 Å². The van der Waals surface area contributed by atoms with Crippen LogP contribution in [0.25, 0.3) is 11.8 Å². The average molecular weight is 539 g/mol. The number of rotatable bonds is 7. The fourth-order valence-corrected chi connectivity index (χ4v) is 5.92. The summed E-state index contributed by atoms with van der Waals surface area (Å²) in [5.41, 5.74) is 1.32. The van der Waals surface area contributed by atoms with Crippen LogP contribution in [0.2, 0.25) is 0 Å². The Morgan fingerprint density at radius 2 is 1.86 bits per heavy atom. The molecule has 0 saturated carbocycles. The van der Waals surface area contributed by atoms with Gasteiger partial charge in [0.1, 0.15) is 11.8 Å². The minimum absolute atomic E-state index is 0.0460. The van der Waals surface area contributed by atoms with Crippen molar-refractivity contribution in [3.05, 3.63) is 113 Å². The molecule has 3 heterocycles. The second-order valence-corrected chi connectivity index (χ2v) is 9.85. The number of para-hydroxylation sites is 1. The van der Waals surface area contributed by atoms with Crippen LogP contribution in [0.4, 0.5) is 8.78 Å². The maximum atomic E-state index is 13.7. The maximum absolute atomic E-state index is 13.7. The van der Waals surface area contributed by atoms with Crippen LogP contribution in [-0.4, -0.2) is 23.8 Å². The van der Waals surface area contributed by atoms with Gasteiger partial charge in [0, 0.05) is 16.0 Å². The number of esters is 1. The lowest BCUT2D eigenvalue weighted by atomic mass is 9.97. The van der Waals surface area contributed by atoms with E-state index in [0.29, 0.717) is 21.6 Å². The molecule has 0 amide bonds. The first-order valence-corrected chi connectivity index (χ1v) is 13.0. The number of hydrogen-bond acceptors (Lipinski definition) is 7. The molecule has 1 aliphatic rings. The fourth-order valence-electron chi connectivity index (χ4n) is 4.10. The quantitative estimate of drug-likeness (QED) is 0.323. The number of thiazole rings is 1. The van der Waals surface area contributed by atoms with E-state index >= 15 is 0 Å². The van der Waals surface area contributed by atoms with Gasteiger partial charge >= 0.3 is 12.6 Å². The normalized spacial score (nSPS) is 15.5. The van der Waals surface area contributed by atoms with Crippen LogP contribution in [-0.2, 0) is 9.53 Å². The Labute approximate surface area is 218 Å². The predicted octanol–water partition coefficient (Wildman–Crippen LogP) is 4.60. The summed E-state index contributed by atoms with van der Waals surface area (Å²) >= 11 is 2.52. The molecule has 1 aliphatic heterocycles. The molecule has 6 nitrogen and oxygen atoms in total. The predicted molar refractivity (Wildman–Crippen MR) is 138 cm³/mol. The van der Waals surface area contributed by atoms with Gasteiger partial charge in [-0.3, -0.25) is 9.36 Å². The van der Waals surface area contributed by atoms with E-state index < -0.39 is 24.2 Å². The van der Waals surface area contributed by atoms with E-state index in [-0.39, 0.29) is 22.5 Å². The Morgan fingerprint density at radius 3 is 2.57 bits per heavy atom. The molecule has 2 aromatic carbocycles. The highest BCUT2D eigenvalue weighted by molar-refractivity contribution is 7.10. The Kier molecular flexibility index (Phi) is 7.11. The first kappa shape index (κ1) is 24.8. The molecule has 0 aliphatic carbocycles. The number of halogens is 2. The zero-order valence-corrected chi connectivity index (χ0v) is 21.1. The molecule has 0 fully saturated rings. The first-order chi connectivity index (χ1) is 18.0. The van der Waals surface area contributed by atoms with Crippen LogP contribution in [0.5, 0.6) is 5.75 Å². The molecule has 5 rings (SSSR count). The molecule has 0 bridgehead atoms. The number of hydrogen-bond donors (Lipinski definition) is 0. The summed E-state index contributed by atoms with van der Waals surface area (Å²) in [6, 6.07) is 18.4. The van der Waals surface area contributed by atoms with E-state index in [1.807, 2.05) is 47.8 Å². The van der Waals surface area contributed by atoms with E-state index in [2.05, 4.69) is 4.74 Å². The highest BCUT2D eigenvalue weighted by Gasteiger charge is 2.35. The van der Waals surface area contributed by atoms with Crippen molar-refractivity contribution in [2.45, 2.75) is 19.6 Å². The van der Waals surface area contributed by atoms with Crippen LogP contribution >= 0.6 is 22.7 Å². The third-order valence-corrected chi connectivity index (χ3v) is 7.52. The van der Waals surface area contributed by atoms with Gasteiger partial charge in [0.05, 0.1) is 22.4 Å². The highest BCUT2D eigenvalue weighted by atomic mass is 32.1. The summed E-state index contributed by atoms with van der Waals surface area (Å²) in [5.74, 6) is -0.608. The number of carbonyl (C=O) groups excluding carboxylic acids is 1. The lowest BCUT2D eigenvalue weighted by Gasteiger charge is -2.24. The third kappa shape index (κ3) is 4.90. The molecular weight excluding hydrogens is 518 g/mol. The number of nitrogens with zero attached hydrogens (tertiary/aromatic N) is 2. The first-order valence-electron chi connectivity index (χ1n) is 11.3. The number of thiophene rings is 1. The Morgan fingerprint density at radius 1 is 1.11 bits per heavy atom. The van der Waals surface area contributed by atoms with E-state index in [0.717, 1.165) is 16.2 Å². The standard InChI is InChI=1S/C27H20F2N2O4S2/c1-2-34-25(33)21-22(16-9-4-3-5-10-16)30-27-31(23(21)19-13-8-14-36-19)24(32)20(37-27)15-17-11-6-7-12-18(17)35-26(28)29/h3-15,23,26H,2H2,1H3/b20-15+/t23-/m0/s1. The van der Waals surface area contributed by atoms with Gasteiger partial charge in [-0.15, -0.1) is 11.3 Å². The van der Waals surface area contributed by atoms with Crippen molar-refractivity contribution in [1.82, 2.24) is 4.57 Å². The number of benzene rings is 2. The summed E-state index contributed by atoms with van der Waals surface area (Å²) in [5, 5.41) is 1.87. The summed E-state index contributed by atoms with van der Waals surface area (Å²) < 4.78 is 37.7. The molecular formula is C27H20F2N2O4S2. The summed E-state index contributed by atoms with van der Waals surface area (Å²) in [6.45, 7) is -1.13. The van der Waals surface area contributed by atoms with Crippen LogP contribution in [0.1, 0.15) is 29.0 Å². The number of alkyl halides is 2. The lowest BCUT2D eigenvalue weighted by Crippen LogP contribution is -2.39. The zero-order valence-electron chi connectivity index (χ0n) is 19.5. The number of fused-ring (bicyclic) bond motifs is 1. The van der Waals surface area contributed by atoms with Crippen molar-refractivity contribution in [2.24, 2.45) is 4.99 Å². The molecule has 10 heteroatoms. The molecule has 2 aromatic heterocycles. The summed E-state index contributed by atoms with van der Waals surface area (Å²) in [7, 11) is 0. The Hall–Kier alpha value is -3.89. The van der Waals surface area contributed by atoms with Crippen molar-refractivity contribution in [3.8, 4) is 5.75 Å².